The van der Waals surface area contributed by atoms with Crippen LogP contribution in [0.15, 0.2) is 42.5 Å². The first-order valence-electron chi connectivity index (χ1n) is 8.77. The topological polar surface area (TPSA) is 12.5 Å². The average molecular weight is 327 g/mol. The van der Waals surface area contributed by atoms with Crippen molar-refractivity contribution in [2.24, 2.45) is 0 Å². The third-order valence-corrected chi connectivity index (χ3v) is 4.72. The predicted octanol–water partition coefficient (Wildman–Crippen LogP) is 4.53. The van der Waals surface area contributed by atoms with E-state index in [-0.39, 0.29) is 18.0 Å². The largest absolute Gasteiger partial charge is 0.372 e. The molecule has 2 aromatic rings. The lowest BCUT2D eigenvalue weighted by Crippen LogP contribution is -2.45. The summed E-state index contributed by atoms with van der Waals surface area (Å²) in [5.74, 6) is -0.0600. The van der Waals surface area contributed by atoms with Crippen molar-refractivity contribution >= 4 is 5.69 Å². The second-order valence-corrected chi connectivity index (χ2v) is 6.83. The number of morpholine rings is 1. The summed E-state index contributed by atoms with van der Waals surface area (Å²) >= 11 is 0. The molecule has 2 nitrogen and oxygen atoms in total. The highest BCUT2D eigenvalue weighted by Crippen LogP contribution is 2.28. The normalized spacial score (nSPS) is 21.1. The van der Waals surface area contributed by atoms with E-state index in [2.05, 4.69) is 36.9 Å². The van der Waals surface area contributed by atoms with E-state index in [0.717, 1.165) is 42.7 Å². The number of ether oxygens (including phenoxy) is 1. The first kappa shape index (κ1) is 17.0. The number of anilines is 1. The lowest BCUT2D eigenvalue weighted by Gasteiger charge is -2.37. The maximum atomic E-state index is 14.9. The summed E-state index contributed by atoms with van der Waals surface area (Å²) < 4.78 is 20.6. The molecule has 1 aliphatic heterocycles. The predicted molar refractivity (Wildman–Crippen MR) is 97.2 cm³/mol. The maximum absolute atomic E-state index is 14.9. The first-order chi connectivity index (χ1) is 11.5. The van der Waals surface area contributed by atoms with E-state index >= 15 is 0 Å². The van der Waals surface area contributed by atoms with Gasteiger partial charge in [0.2, 0.25) is 0 Å². The van der Waals surface area contributed by atoms with E-state index in [1.165, 1.54) is 5.56 Å². The third kappa shape index (κ3) is 3.78. The van der Waals surface area contributed by atoms with Crippen LogP contribution in [-0.2, 0) is 17.6 Å². The fourth-order valence-corrected chi connectivity index (χ4v) is 3.56. The molecule has 24 heavy (non-hydrogen) atoms. The van der Waals surface area contributed by atoms with Gasteiger partial charge in [0.15, 0.2) is 0 Å². The van der Waals surface area contributed by atoms with Crippen molar-refractivity contribution in [1.29, 1.82) is 0 Å². The van der Waals surface area contributed by atoms with E-state index < -0.39 is 0 Å². The molecule has 0 bridgehead atoms. The van der Waals surface area contributed by atoms with Crippen LogP contribution in [-0.4, -0.2) is 25.3 Å². The molecule has 1 fully saturated rings. The van der Waals surface area contributed by atoms with Gasteiger partial charge in [0.1, 0.15) is 5.82 Å². The highest BCUT2D eigenvalue weighted by Gasteiger charge is 2.24. The monoisotopic (exact) mass is 327 g/mol. The smallest absolute Gasteiger partial charge is 0.131 e. The molecule has 0 saturated carbocycles. The Morgan fingerprint density at radius 2 is 1.67 bits per heavy atom. The standard InChI is InChI=1S/C21H26FNO/c1-15-13-23(14-16(2)24-15)20-12-11-19(21(22)17(20)3)10-9-18-7-5-4-6-8-18/h4-8,11-12,15-16H,9-10,13-14H2,1-3H3/t15-,16+. The van der Waals surface area contributed by atoms with Gasteiger partial charge in [-0.25, -0.2) is 4.39 Å². The van der Waals surface area contributed by atoms with Crippen molar-refractivity contribution in [3.05, 3.63) is 65.0 Å². The van der Waals surface area contributed by atoms with Crippen molar-refractivity contribution in [2.45, 2.75) is 45.8 Å². The van der Waals surface area contributed by atoms with Gasteiger partial charge < -0.3 is 9.64 Å². The highest BCUT2D eigenvalue weighted by atomic mass is 19.1. The van der Waals surface area contributed by atoms with E-state index in [1.807, 2.05) is 31.2 Å². The van der Waals surface area contributed by atoms with Crippen LogP contribution >= 0.6 is 0 Å². The van der Waals surface area contributed by atoms with Crippen molar-refractivity contribution in [2.75, 3.05) is 18.0 Å². The minimum Gasteiger partial charge on any atom is -0.372 e. The molecular formula is C21H26FNO. The number of nitrogens with zero attached hydrogens (tertiary/aromatic N) is 1. The molecule has 0 unspecified atom stereocenters. The Morgan fingerprint density at radius 3 is 2.33 bits per heavy atom. The number of benzene rings is 2. The van der Waals surface area contributed by atoms with Crippen LogP contribution < -0.4 is 4.90 Å². The van der Waals surface area contributed by atoms with Crippen molar-refractivity contribution < 1.29 is 9.13 Å². The minimum atomic E-state index is -0.0600. The zero-order valence-corrected chi connectivity index (χ0v) is 14.8. The van der Waals surface area contributed by atoms with Crippen LogP contribution in [0.4, 0.5) is 10.1 Å². The summed E-state index contributed by atoms with van der Waals surface area (Å²) in [5, 5.41) is 0. The Hall–Kier alpha value is -1.87. The summed E-state index contributed by atoms with van der Waals surface area (Å²) in [4.78, 5) is 2.25. The van der Waals surface area contributed by atoms with Crippen molar-refractivity contribution in [3.8, 4) is 0 Å². The Bertz CT molecular complexity index is 676. The van der Waals surface area contributed by atoms with Gasteiger partial charge in [0.05, 0.1) is 12.2 Å². The molecule has 0 N–H and O–H groups in total. The van der Waals surface area contributed by atoms with Crippen molar-refractivity contribution in [3.63, 3.8) is 0 Å². The van der Waals surface area contributed by atoms with Gasteiger partial charge in [0.25, 0.3) is 0 Å². The fourth-order valence-electron chi connectivity index (χ4n) is 3.56. The Kier molecular flexibility index (Phi) is 5.20. The molecule has 3 heteroatoms. The number of aryl methyl sites for hydroxylation is 2. The van der Waals surface area contributed by atoms with E-state index in [1.54, 1.807) is 0 Å². The molecule has 1 aliphatic rings. The van der Waals surface area contributed by atoms with E-state index in [9.17, 15) is 4.39 Å². The zero-order chi connectivity index (χ0) is 17.1. The lowest BCUT2D eigenvalue weighted by atomic mass is 10.0. The molecule has 0 aromatic heterocycles. The maximum Gasteiger partial charge on any atom is 0.131 e. The molecule has 128 valence electrons. The molecular weight excluding hydrogens is 301 g/mol. The Morgan fingerprint density at radius 1 is 1.00 bits per heavy atom. The lowest BCUT2D eigenvalue weighted by molar-refractivity contribution is -0.00526. The van der Waals surface area contributed by atoms with Gasteiger partial charge in [-0.3, -0.25) is 0 Å². The minimum absolute atomic E-state index is 0.0600. The summed E-state index contributed by atoms with van der Waals surface area (Å²) in [6, 6.07) is 14.3. The van der Waals surface area contributed by atoms with E-state index in [0.29, 0.717) is 0 Å². The van der Waals surface area contributed by atoms with Crippen LogP contribution in [0.3, 0.4) is 0 Å². The Labute approximate surface area is 144 Å². The van der Waals surface area contributed by atoms with Crippen LogP contribution in [0.25, 0.3) is 0 Å². The number of halogens is 1. The molecule has 2 aromatic carbocycles. The number of hydrogen-bond acceptors (Lipinski definition) is 2. The number of hydrogen-bond donors (Lipinski definition) is 0. The molecule has 1 saturated heterocycles. The molecule has 0 amide bonds. The van der Waals surface area contributed by atoms with Gasteiger partial charge >= 0.3 is 0 Å². The molecule has 0 aliphatic carbocycles. The van der Waals surface area contributed by atoms with Gasteiger partial charge in [0, 0.05) is 24.3 Å². The quantitative estimate of drug-likeness (QED) is 0.818. The molecule has 1 heterocycles. The van der Waals surface area contributed by atoms with Crippen LogP contribution in [0.5, 0.6) is 0 Å². The zero-order valence-electron chi connectivity index (χ0n) is 14.8. The fraction of sp³-hybridized carbons (Fsp3) is 0.429. The second-order valence-electron chi connectivity index (χ2n) is 6.83. The van der Waals surface area contributed by atoms with Gasteiger partial charge in [-0.2, -0.15) is 0 Å². The summed E-state index contributed by atoms with van der Waals surface area (Å²) in [6.07, 6.45) is 1.94. The highest BCUT2D eigenvalue weighted by molar-refractivity contribution is 5.56. The molecule has 3 rings (SSSR count). The van der Waals surface area contributed by atoms with Crippen LogP contribution in [0, 0.1) is 12.7 Å². The molecule has 0 spiro atoms. The van der Waals surface area contributed by atoms with Gasteiger partial charge in [-0.05, 0) is 50.8 Å². The Balaban J connectivity index is 1.76. The van der Waals surface area contributed by atoms with Crippen LogP contribution in [0.2, 0.25) is 0 Å². The van der Waals surface area contributed by atoms with Crippen molar-refractivity contribution in [1.82, 2.24) is 0 Å². The van der Waals surface area contributed by atoms with E-state index in [4.69, 9.17) is 4.74 Å². The van der Waals surface area contributed by atoms with Gasteiger partial charge in [-0.15, -0.1) is 0 Å². The SMILES string of the molecule is Cc1c(N2C[C@@H](C)O[C@@H](C)C2)ccc(CCc2ccccc2)c1F. The summed E-state index contributed by atoms with van der Waals surface area (Å²) in [5.41, 5.74) is 3.80. The van der Waals surface area contributed by atoms with Gasteiger partial charge in [-0.1, -0.05) is 36.4 Å². The second kappa shape index (κ2) is 7.35. The van der Waals surface area contributed by atoms with Crippen LogP contribution in [0.1, 0.15) is 30.5 Å². The first-order valence-corrected chi connectivity index (χ1v) is 8.77. The summed E-state index contributed by atoms with van der Waals surface area (Å²) in [6.45, 7) is 7.66. The third-order valence-electron chi connectivity index (χ3n) is 4.72. The average Bonchev–Trinajstić information content (AvgIpc) is 2.56. The molecule has 2 atom stereocenters. The number of rotatable bonds is 4. The molecule has 0 radical (unpaired) electrons. The summed E-state index contributed by atoms with van der Waals surface area (Å²) in [7, 11) is 0.